The van der Waals surface area contributed by atoms with Gasteiger partial charge in [0.1, 0.15) is 5.65 Å². The number of rotatable bonds is 1. The van der Waals surface area contributed by atoms with E-state index in [2.05, 4.69) is 34.1 Å². The molecular weight excluding hydrogens is 298 g/mol. The van der Waals surface area contributed by atoms with Crippen molar-refractivity contribution in [1.29, 1.82) is 0 Å². The van der Waals surface area contributed by atoms with Crippen molar-refractivity contribution in [2.24, 2.45) is 0 Å². The molecule has 2 atom stereocenters. The van der Waals surface area contributed by atoms with Crippen LogP contribution in [-0.2, 0) is 6.42 Å². The van der Waals surface area contributed by atoms with Crippen LogP contribution in [0.15, 0.2) is 55.0 Å². The second-order valence-electron chi connectivity index (χ2n) is 6.83. The largest absolute Gasteiger partial charge is 0.335 e. The molecule has 1 aromatic carbocycles. The molecule has 4 heteroatoms. The van der Waals surface area contributed by atoms with E-state index >= 15 is 0 Å². The maximum Gasteiger partial charge on any atom is 0.254 e. The summed E-state index contributed by atoms with van der Waals surface area (Å²) in [6, 6.07) is 12.8. The number of carbonyl (C=O) groups excluding carboxylic acids is 1. The number of nitrogens with zero attached hydrogens (tertiary/aromatic N) is 3. The first-order chi connectivity index (χ1) is 11.8. The number of fused-ring (bicyclic) bond motifs is 4. The summed E-state index contributed by atoms with van der Waals surface area (Å²) in [6.45, 7) is 0.855. The summed E-state index contributed by atoms with van der Waals surface area (Å²) in [7, 11) is 0. The van der Waals surface area contributed by atoms with Crippen molar-refractivity contribution in [1.82, 2.24) is 14.3 Å². The number of imidazole rings is 1. The van der Waals surface area contributed by atoms with Gasteiger partial charge in [0.15, 0.2) is 0 Å². The molecule has 0 spiro atoms. The van der Waals surface area contributed by atoms with Gasteiger partial charge in [-0.2, -0.15) is 0 Å². The van der Waals surface area contributed by atoms with Crippen molar-refractivity contribution in [3.05, 3.63) is 71.7 Å². The zero-order valence-corrected chi connectivity index (χ0v) is 13.4. The monoisotopic (exact) mass is 317 g/mol. The van der Waals surface area contributed by atoms with E-state index in [-0.39, 0.29) is 5.91 Å². The zero-order valence-electron chi connectivity index (χ0n) is 13.4. The summed E-state index contributed by atoms with van der Waals surface area (Å²) < 4.78 is 1.93. The highest BCUT2D eigenvalue weighted by molar-refractivity contribution is 5.95. The Bertz CT molecular complexity index is 929. The van der Waals surface area contributed by atoms with Crippen molar-refractivity contribution in [3.8, 4) is 0 Å². The summed E-state index contributed by atoms with van der Waals surface area (Å²) >= 11 is 0. The van der Waals surface area contributed by atoms with Gasteiger partial charge < -0.3 is 9.30 Å². The average Bonchev–Trinajstić information content (AvgIpc) is 3.24. The van der Waals surface area contributed by atoms with E-state index in [1.54, 1.807) is 6.20 Å². The molecule has 1 saturated heterocycles. The summed E-state index contributed by atoms with van der Waals surface area (Å²) in [5.74, 6) is 0.636. The van der Waals surface area contributed by atoms with Gasteiger partial charge in [0.2, 0.25) is 0 Å². The minimum atomic E-state index is 0.142. The number of aromatic nitrogens is 2. The number of hydrogen-bond acceptors (Lipinski definition) is 2. The Balaban J connectivity index is 1.49. The lowest BCUT2D eigenvalue weighted by Gasteiger charge is -2.38. The van der Waals surface area contributed by atoms with Crippen LogP contribution in [-0.4, -0.2) is 32.8 Å². The lowest BCUT2D eigenvalue weighted by atomic mass is 9.88. The lowest BCUT2D eigenvalue weighted by Crippen LogP contribution is -2.46. The van der Waals surface area contributed by atoms with Gasteiger partial charge in [-0.3, -0.25) is 4.79 Å². The van der Waals surface area contributed by atoms with E-state index in [0.29, 0.717) is 12.0 Å². The standard InChI is InChI=1S/C20H19N3O/c24-20(15-7-10-22-11-8-21-19(22)13-15)23-9-3-6-17-16-5-2-1-4-14(16)12-18(17)23/h1-2,4-5,7-8,10-11,13,17-18H,3,6,9,12H2/t17-,18?/m1/s1. The molecule has 3 heterocycles. The second-order valence-corrected chi connectivity index (χ2v) is 6.83. The van der Waals surface area contributed by atoms with Crippen LogP contribution >= 0.6 is 0 Å². The molecule has 1 aliphatic carbocycles. The normalized spacial score (nSPS) is 22.4. The molecule has 120 valence electrons. The Morgan fingerprint density at radius 2 is 2.08 bits per heavy atom. The molecule has 0 bridgehead atoms. The molecule has 0 saturated carbocycles. The van der Waals surface area contributed by atoms with E-state index in [4.69, 9.17) is 0 Å². The Kier molecular flexibility index (Phi) is 2.98. The predicted molar refractivity (Wildman–Crippen MR) is 92.1 cm³/mol. The van der Waals surface area contributed by atoms with E-state index in [1.807, 2.05) is 28.9 Å². The number of amides is 1. The van der Waals surface area contributed by atoms with Gasteiger partial charge >= 0.3 is 0 Å². The van der Waals surface area contributed by atoms with E-state index < -0.39 is 0 Å². The van der Waals surface area contributed by atoms with Crippen molar-refractivity contribution in [2.75, 3.05) is 6.54 Å². The molecule has 3 aromatic rings. The second kappa shape index (κ2) is 5.20. The minimum Gasteiger partial charge on any atom is -0.335 e. The van der Waals surface area contributed by atoms with Crippen LogP contribution in [0.5, 0.6) is 0 Å². The fourth-order valence-electron chi connectivity index (χ4n) is 4.44. The molecule has 1 unspecified atom stereocenters. The van der Waals surface area contributed by atoms with Crippen LogP contribution in [0, 0.1) is 0 Å². The van der Waals surface area contributed by atoms with E-state index in [1.165, 1.54) is 17.5 Å². The quantitative estimate of drug-likeness (QED) is 0.691. The average molecular weight is 317 g/mol. The first-order valence-electron chi connectivity index (χ1n) is 8.63. The summed E-state index contributed by atoms with van der Waals surface area (Å²) in [6.07, 6.45) is 8.82. The van der Waals surface area contributed by atoms with Crippen molar-refractivity contribution in [2.45, 2.75) is 31.2 Å². The predicted octanol–water partition coefficient (Wildman–Crippen LogP) is 3.28. The third kappa shape index (κ3) is 1.99. The highest BCUT2D eigenvalue weighted by Gasteiger charge is 2.40. The van der Waals surface area contributed by atoms with Crippen LogP contribution in [0.1, 0.15) is 40.2 Å². The molecule has 4 nitrogen and oxygen atoms in total. The van der Waals surface area contributed by atoms with Gasteiger partial charge in [-0.25, -0.2) is 4.98 Å². The molecule has 2 aliphatic rings. The molecule has 24 heavy (non-hydrogen) atoms. The molecule has 2 aromatic heterocycles. The molecule has 1 fully saturated rings. The summed E-state index contributed by atoms with van der Waals surface area (Å²) in [4.78, 5) is 19.5. The van der Waals surface area contributed by atoms with Crippen molar-refractivity contribution in [3.63, 3.8) is 0 Å². The molecule has 0 N–H and O–H groups in total. The fraction of sp³-hybridized carbons (Fsp3) is 0.300. The number of piperidine rings is 1. The van der Waals surface area contributed by atoms with Crippen LogP contribution in [0.3, 0.4) is 0 Å². The van der Waals surface area contributed by atoms with Gasteiger partial charge in [-0.1, -0.05) is 24.3 Å². The Morgan fingerprint density at radius 3 is 3.04 bits per heavy atom. The van der Waals surface area contributed by atoms with Crippen molar-refractivity contribution >= 4 is 11.6 Å². The fourth-order valence-corrected chi connectivity index (χ4v) is 4.44. The highest BCUT2D eigenvalue weighted by atomic mass is 16.2. The first-order valence-corrected chi connectivity index (χ1v) is 8.63. The van der Waals surface area contributed by atoms with E-state index in [0.717, 1.165) is 30.6 Å². The summed E-state index contributed by atoms with van der Waals surface area (Å²) in [5, 5.41) is 0. The summed E-state index contributed by atoms with van der Waals surface area (Å²) in [5.41, 5.74) is 4.43. The number of carbonyl (C=O) groups is 1. The third-order valence-corrected chi connectivity index (χ3v) is 5.57. The molecule has 5 rings (SSSR count). The number of pyridine rings is 1. The van der Waals surface area contributed by atoms with Gasteiger partial charge in [0.05, 0.1) is 0 Å². The molecule has 1 aliphatic heterocycles. The van der Waals surface area contributed by atoms with E-state index in [9.17, 15) is 4.79 Å². The van der Waals surface area contributed by atoms with Crippen LogP contribution in [0.25, 0.3) is 5.65 Å². The Hall–Kier alpha value is -2.62. The van der Waals surface area contributed by atoms with Crippen LogP contribution in [0.4, 0.5) is 0 Å². The zero-order chi connectivity index (χ0) is 16.1. The SMILES string of the molecule is O=C(c1ccn2ccnc2c1)N1CCC[C@@H]2c3ccccc3CC21. The first kappa shape index (κ1) is 13.8. The maximum atomic E-state index is 13.1. The molecule has 0 radical (unpaired) electrons. The lowest BCUT2D eigenvalue weighted by molar-refractivity contribution is 0.0595. The minimum absolute atomic E-state index is 0.142. The Labute approximate surface area is 140 Å². The topological polar surface area (TPSA) is 37.6 Å². The maximum absolute atomic E-state index is 13.1. The smallest absolute Gasteiger partial charge is 0.254 e. The molecule has 1 amide bonds. The number of hydrogen-bond donors (Lipinski definition) is 0. The van der Waals surface area contributed by atoms with Gasteiger partial charge in [0.25, 0.3) is 5.91 Å². The van der Waals surface area contributed by atoms with Gasteiger partial charge in [-0.05, 0) is 42.5 Å². The third-order valence-electron chi connectivity index (χ3n) is 5.57. The highest BCUT2D eigenvalue weighted by Crippen LogP contribution is 2.42. The van der Waals surface area contributed by atoms with Crippen LogP contribution in [0.2, 0.25) is 0 Å². The number of benzene rings is 1. The van der Waals surface area contributed by atoms with Gasteiger partial charge in [-0.15, -0.1) is 0 Å². The van der Waals surface area contributed by atoms with Crippen molar-refractivity contribution < 1.29 is 4.79 Å². The molecular formula is C20H19N3O. The van der Waals surface area contributed by atoms with Gasteiger partial charge in [0, 0.05) is 42.7 Å². The number of likely N-dealkylation sites (tertiary alicyclic amines) is 1. The van der Waals surface area contributed by atoms with Crippen LogP contribution < -0.4 is 0 Å². The Morgan fingerprint density at radius 1 is 1.17 bits per heavy atom.